The lowest BCUT2D eigenvalue weighted by Gasteiger charge is -2.04. The molecule has 0 bridgehead atoms. The molecule has 1 rings (SSSR count). The fourth-order valence-corrected chi connectivity index (χ4v) is 2.65. The van der Waals surface area contributed by atoms with Crippen LogP contribution in [0.25, 0.3) is 0 Å². The Morgan fingerprint density at radius 2 is 2.06 bits per heavy atom. The molecule has 1 aromatic heterocycles. The van der Waals surface area contributed by atoms with Crippen LogP contribution in [0.1, 0.15) is 25.7 Å². The van der Waals surface area contributed by atoms with Crippen LogP contribution in [0.3, 0.4) is 0 Å². The first-order chi connectivity index (χ1) is 8.06. The molecule has 1 N–H and O–H groups in total. The molecular weight excluding hydrogens is 262 g/mol. The van der Waals surface area contributed by atoms with Crippen molar-refractivity contribution in [2.24, 2.45) is 7.05 Å². The Hall–Kier alpha value is -0.590. The number of unbranched alkanes of at least 4 members (excludes halogenated alkanes) is 3. The predicted octanol–water partition coefficient (Wildman–Crippen LogP) is 1.50. The topological polar surface area (TPSA) is 64.0 Å². The Labute approximate surface area is 107 Å². The van der Waals surface area contributed by atoms with Crippen molar-refractivity contribution >= 4 is 21.6 Å². The van der Waals surface area contributed by atoms with E-state index in [1.165, 1.54) is 17.1 Å². The van der Waals surface area contributed by atoms with Crippen molar-refractivity contribution in [3.8, 4) is 0 Å². The molecule has 0 atom stereocenters. The second-order valence-electron chi connectivity index (χ2n) is 3.85. The van der Waals surface area contributed by atoms with Crippen LogP contribution in [0.15, 0.2) is 17.3 Å². The summed E-state index contributed by atoms with van der Waals surface area (Å²) in [6, 6.07) is 0. The number of halogens is 1. The summed E-state index contributed by atoms with van der Waals surface area (Å²) >= 11 is 5.55. The van der Waals surface area contributed by atoms with E-state index in [1.807, 2.05) is 0 Å². The van der Waals surface area contributed by atoms with Crippen LogP contribution in [0.5, 0.6) is 0 Å². The molecule has 0 aliphatic carbocycles. The van der Waals surface area contributed by atoms with Gasteiger partial charge in [0.1, 0.15) is 4.90 Å². The van der Waals surface area contributed by atoms with Gasteiger partial charge in [-0.05, 0) is 12.8 Å². The molecule has 1 heterocycles. The molecule has 17 heavy (non-hydrogen) atoms. The van der Waals surface area contributed by atoms with E-state index in [0.29, 0.717) is 12.4 Å². The van der Waals surface area contributed by atoms with Gasteiger partial charge in [-0.25, -0.2) is 13.1 Å². The van der Waals surface area contributed by atoms with Crippen molar-refractivity contribution < 1.29 is 8.42 Å². The van der Waals surface area contributed by atoms with Gasteiger partial charge < -0.3 is 0 Å². The van der Waals surface area contributed by atoms with Crippen molar-refractivity contribution in [1.29, 1.82) is 0 Å². The highest BCUT2D eigenvalue weighted by Crippen LogP contribution is 2.06. The predicted molar refractivity (Wildman–Crippen MR) is 67.6 cm³/mol. The Balaban J connectivity index is 2.31. The minimum absolute atomic E-state index is 0.209. The van der Waals surface area contributed by atoms with Gasteiger partial charge in [-0.15, -0.1) is 11.6 Å². The van der Waals surface area contributed by atoms with E-state index < -0.39 is 10.0 Å². The largest absolute Gasteiger partial charge is 0.274 e. The molecule has 1 aromatic rings. The van der Waals surface area contributed by atoms with Gasteiger partial charge in [0.25, 0.3) is 0 Å². The summed E-state index contributed by atoms with van der Waals surface area (Å²) in [5.41, 5.74) is 0. The quantitative estimate of drug-likeness (QED) is 0.579. The molecule has 0 fully saturated rings. The molecule has 0 saturated heterocycles. The van der Waals surface area contributed by atoms with Crippen LogP contribution >= 0.6 is 11.6 Å². The summed E-state index contributed by atoms with van der Waals surface area (Å²) in [6.45, 7) is 0.458. The van der Waals surface area contributed by atoms with Crippen LogP contribution < -0.4 is 4.72 Å². The summed E-state index contributed by atoms with van der Waals surface area (Å²) in [5.74, 6) is 0.668. The zero-order valence-electron chi connectivity index (χ0n) is 9.89. The molecule has 5 nitrogen and oxygen atoms in total. The number of aryl methyl sites for hydroxylation is 1. The summed E-state index contributed by atoms with van der Waals surface area (Å²) < 4.78 is 27.5. The van der Waals surface area contributed by atoms with E-state index in [0.717, 1.165) is 25.7 Å². The minimum Gasteiger partial charge on any atom is -0.274 e. The Bertz CT molecular complexity index is 431. The third kappa shape index (κ3) is 5.06. The number of hydrogen-bond acceptors (Lipinski definition) is 3. The zero-order valence-corrected chi connectivity index (χ0v) is 11.5. The van der Waals surface area contributed by atoms with E-state index in [2.05, 4.69) is 9.82 Å². The van der Waals surface area contributed by atoms with Gasteiger partial charge >= 0.3 is 0 Å². The molecular formula is C10H18ClN3O2S. The number of nitrogens with zero attached hydrogens (tertiary/aromatic N) is 2. The first-order valence-electron chi connectivity index (χ1n) is 5.60. The molecule has 0 spiro atoms. The van der Waals surface area contributed by atoms with Crippen LogP contribution in [0.4, 0.5) is 0 Å². The van der Waals surface area contributed by atoms with E-state index in [9.17, 15) is 8.42 Å². The average Bonchev–Trinajstić information content (AvgIpc) is 2.71. The normalized spacial score (nSPS) is 11.9. The zero-order chi connectivity index (χ0) is 12.7. The average molecular weight is 280 g/mol. The smallest absolute Gasteiger partial charge is 0.243 e. The van der Waals surface area contributed by atoms with Crippen LogP contribution in [-0.2, 0) is 17.1 Å². The first-order valence-corrected chi connectivity index (χ1v) is 7.62. The summed E-state index contributed by atoms with van der Waals surface area (Å²) in [6.07, 6.45) is 6.67. The highest BCUT2D eigenvalue weighted by atomic mass is 35.5. The SMILES string of the molecule is Cn1cc(S(=O)(=O)NCCCCCCCl)cn1. The molecule has 98 valence electrons. The monoisotopic (exact) mass is 279 g/mol. The van der Waals surface area contributed by atoms with Gasteiger partial charge in [0.2, 0.25) is 10.0 Å². The van der Waals surface area contributed by atoms with Crippen molar-refractivity contribution in [2.75, 3.05) is 12.4 Å². The van der Waals surface area contributed by atoms with Crippen molar-refractivity contribution in [1.82, 2.24) is 14.5 Å². The number of alkyl halides is 1. The van der Waals surface area contributed by atoms with Crippen LogP contribution in [0.2, 0.25) is 0 Å². The van der Waals surface area contributed by atoms with Crippen molar-refractivity contribution in [2.45, 2.75) is 30.6 Å². The number of rotatable bonds is 8. The first kappa shape index (κ1) is 14.5. The highest BCUT2D eigenvalue weighted by molar-refractivity contribution is 7.89. The van der Waals surface area contributed by atoms with Crippen molar-refractivity contribution in [3.63, 3.8) is 0 Å². The molecule has 0 aliphatic rings. The molecule has 0 unspecified atom stereocenters. The minimum atomic E-state index is -3.39. The van der Waals surface area contributed by atoms with Gasteiger partial charge in [-0.2, -0.15) is 5.10 Å². The summed E-state index contributed by atoms with van der Waals surface area (Å²) in [7, 11) is -1.71. The molecule has 0 aromatic carbocycles. The van der Waals surface area contributed by atoms with Crippen molar-refractivity contribution in [3.05, 3.63) is 12.4 Å². The lowest BCUT2D eigenvalue weighted by molar-refractivity contribution is 0.573. The lowest BCUT2D eigenvalue weighted by atomic mass is 10.2. The maximum atomic E-state index is 11.7. The highest BCUT2D eigenvalue weighted by Gasteiger charge is 2.14. The van der Waals surface area contributed by atoms with Gasteiger partial charge in [-0.1, -0.05) is 12.8 Å². The molecule has 0 saturated carbocycles. The maximum Gasteiger partial charge on any atom is 0.243 e. The molecule has 0 aliphatic heterocycles. The maximum absolute atomic E-state index is 11.7. The van der Waals surface area contributed by atoms with E-state index in [-0.39, 0.29) is 4.90 Å². The second kappa shape index (κ2) is 6.98. The Morgan fingerprint density at radius 1 is 1.35 bits per heavy atom. The number of nitrogens with one attached hydrogen (secondary N) is 1. The fourth-order valence-electron chi connectivity index (χ4n) is 1.40. The lowest BCUT2D eigenvalue weighted by Crippen LogP contribution is -2.24. The summed E-state index contributed by atoms with van der Waals surface area (Å²) in [5, 5.41) is 3.83. The number of sulfonamides is 1. The van der Waals surface area contributed by atoms with Gasteiger partial charge in [0.15, 0.2) is 0 Å². The van der Waals surface area contributed by atoms with Gasteiger partial charge in [-0.3, -0.25) is 4.68 Å². The Morgan fingerprint density at radius 3 is 2.65 bits per heavy atom. The fraction of sp³-hybridized carbons (Fsp3) is 0.700. The summed E-state index contributed by atoms with van der Waals surface area (Å²) in [4.78, 5) is 0.209. The van der Waals surface area contributed by atoms with E-state index in [1.54, 1.807) is 7.05 Å². The molecule has 0 radical (unpaired) electrons. The molecule has 0 amide bonds. The van der Waals surface area contributed by atoms with Crippen LogP contribution in [-0.4, -0.2) is 30.6 Å². The van der Waals surface area contributed by atoms with E-state index in [4.69, 9.17) is 11.6 Å². The third-order valence-corrected chi connectivity index (χ3v) is 4.03. The number of hydrogen-bond donors (Lipinski definition) is 1. The van der Waals surface area contributed by atoms with Gasteiger partial charge in [0, 0.05) is 25.7 Å². The van der Waals surface area contributed by atoms with Crippen LogP contribution in [0, 0.1) is 0 Å². The second-order valence-corrected chi connectivity index (χ2v) is 6.00. The standard InChI is InChI=1S/C10H18ClN3O2S/c1-14-9-10(8-12-14)17(15,16)13-7-5-3-2-4-6-11/h8-9,13H,2-7H2,1H3. The number of aromatic nitrogens is 2. The van der Waals surface area contributed by atoms with Gasteiger partial charge in [0.05, 0.1) is 6.20 Å². The Kier molecular flexibility index (Phi) is 5.94. The third-order valence-electron chi connectivity index (χ3n) is 2.34. The molecule has 7 heteroatoms. The van der Waals surface area contributed by atoms with E-state index >= 15 is 0 Å².